The van der Waals surface area contributed by atoms with Crippen molar-refractivity contribution >= 4 is 17.7 Å². The van der Waals surface area contributed by atoms with E-state index < -0.39 is 5.60 Å². The monoisotopic (exact) mass is 338 g/mol. The minimum absolute atomic E-state index is 0.0484. The number of rotatable bonds is 4. The van der Waals surface area contributed by atoms with E-state index in [4.69, 9.17) is 16.3 Å². The minimum Gasteiger partial charge on any atom is -0.444 e. The molecule has 1 aliphatic rings. The molecule has 0 radical (unpaired) electrons. The first kappa shape index (κ1) is 18.1. The highest BCUT2D eigenvalue weighted by Crippen LogP contribution is 2.33. The minimum atomic E-state index is -0.474. The number of alkyl carbamates (subject to hydrolysis) is 1. The van der Waals surface area contributed by atoms with Gasteiger partial charge in [-0.3, -0.25) is 0 Å². The summed E-state index contributed by atoms with van der Waals surface area (Å²) in [5.41, 5.74) is 0.788. The molecule has 1 aromatic carbocycles. The standard InChI is InChI=1S/C18H27ClN2O2/c1-17(2,3)23-16(22)21-13-18(7-9-20-10-8-18)12-14-5-4-6-15(19)11-14/h4-6,11,20H,7-10,12-13H2,1-3H3,(H,21,22). The number of hydrogen-bond donors (Lipinski definition) is 2. The van der Waals surface area contributed by atoms with E-state index in [1.165, 1.54) is 5.56 Å². The molecule has 23 heavy (non-hydrogen) atoms. The number of ether oxygens (including phenoxy) is 1. The molecular weight excluding hydrogens is 312 g/mol. The van der Waals surface area contributed by atoms with Crippen molar-refractivity contribution in [1.29, 1.82) is 0 Å². The second-order valence-electron chi connectivity index (χ2n) is 7.41. The molecule has 1 fully saturated rings. The molecule has 1 saturated heterocycles. The fourth-order valence-electron chi connectivity index (χ4n) is 3.03. The summed E-state index contributed by atoms with van der Waals surface area (Å²) in [4.78, 5) is 12.0. The number of benzene rings is 1. The maximum absolute atomic E-state index is 12.0. The Hall–Kier alpha value is -1.26. The third-order valence-corrected chi connectivity index (χ3v) is 4.37. The zero-order chi connectivity index (χ0) is 16.9. The molecule has 1 aliphatic heterocycles. The van der Waals surface area contributed by atoms with Crippen LogP contribution in [0.15, 0.2) is 24.3 Å². The topological polar surface area (TPSA) is 50.4 Å². The van der Waals surface area contributed by atoms with Crippen LogP contribution in [-0.4, -0.2) is 31.3 Å². The van der Waals surface area contributed by atoms with E-state index in [0.717, 1.165) is 37.4 Å². The van der Waals surface area contributed by atoms with Crippen LogP contribution in [0.5, 0.6) is 0 Å². The van der Waals surface area contributed by atoms with Gasteiger partial charge in [0.2, 0.25) is 0 Å². The molecule has 2 rings (SSSR count). The lowest BCUT2D eigenvalue weighted by molar-refractivity contribution is 0.0485. The number of amides is 1. The first-order chi connectivity index (χ1) is 10.8. The zero-order valence-corrected chi connectivity index (χ0v) is 15.0. The molecule has 0 bridgehead atoms. The molecule has 0 atom stereocenters. The molecule has 2 N–H and O–H groups in total. The summed E-state index contributed by atoms with van der Waals surface area (Å²) >= 11 is 6.11. The van der Waals surface area contributed by atoms with Crippen molar-refractivity contribution in [2.24, 2.45) is 5.41 Å². The van der Waals surface area contributed by atoms with Gasteiger partial charge in [0.05, 0.1) is 0 Å². The predicted molar refractivity (Wildman–Crippen MR) is 93.9 cm³/mol. The van der Waals surface area contributed by atoms with Crippen LogP contribution in [0.25, 0.3) is 0 Å². The average molecular weight is 339 g/mol. The molecule has 0 spiro atoms. The molecule has 128 valence electrons. The van der Waals surface area contributed by atoms with Crippen LogP contribution < -0.4 is 10.6 Å². The second-order valence-corrected chi connectivity index (χ2v) is 7.85. The third-order valence-electron chi connectivity index (χ3n) is 4.14. The Labute approximate surface area is 143 Å². The summed E-state index contributed by atoms with van der Waals surface area (Å²) in [6.07, 6.45) is 2.61. The molecule has 0 aromatic heterocycles. The van der Waals surface area contributed by atoms with Crippen LogP contribution in [0.1, 0.15) is 39.2 Å². The Kier molecular flexibility index (Phi) is 5.93. The first-order valence-corrected chi connectivity index (χ1v) is 8.58. The van der Waals surface area contributed by atoms with E-state index >= 15 is 0 Å². The molecule has 0 unspecified atom stereocenters. The van der Waals surface area contributed by atoms with Gasteiger partial charge in [0.25, 0.3) is 0 Å². The maximum Gasteiger partial charge on any atom is 0.407 e. The molecule has 1 aromatic rings. The van der Waals surface area contributed by atoms with Gasteiger partial charge in [0.15, 0.2) is 0 Å². The van der Waals surface area contributed by atoms with Gasteiger partial charge < -0.3 is 15.4 Å². The SMILES string of the molecule is CC(C)(C)OC(=O)NCC1(Cc2cccc(Cl)c2)CCNCC1. The van der Waals surface area contributed by atoms with Crippen molar-refractivity contribution < 1.29 is 9.53 Å². The smallest absolute Gasteiger partial charge is 0.407 e. The van der Waals surface area contributed by atoms with Crippen molar-refractivity contribution in [3.63, 3.8) is 0 Å². The molecule has 1 amide bonds. The number of carbonyl (C=O) groups is 1. The van der Waals surface area contributed by atoms with Crippen LogP contribution >= 0.6 is 11.6 Å². The van der Waals surface area contributed by atoms with Gasteiger partial charge in [-0.25, -0.2) is 4.79 Å². The number of piperidine rings is 1. The van der Waals surface area contributed by atoms with Crippen LogP contribution in [-0.2, 0) is 11.2 Å². The van der Waals surface area contributed by atoms with Gasteiger partial charge in [-0.2, -0.15) is 0 Å². The van der Waals surface area contributed by atoms with Gasteiger partial charge in [-0.05, 0) is 76.2 Å². The molecule has 0 saturated carbocycles. The Bertz CT molecular complexity index is 534. The molecular formula is C18H27ClN2O2. The van der Waals surface area contributed by atoms with Gasteiger partial charge >= 0.3 is 6.09 Å². The van der Waals surface area contributed by atoms with Gasteiger partial charge in [-0.15, -0.1) is 0 Å². The summed E-state index contributed by atoms with van der Waals surface area (Å²) in [5, 5.41) is 7.11. The number of halogens is 1. The Morgan fingerprint density at radius 2 is 2.04 bits per heavy atom. The largest absolute Gasteiger partial charge is 0.444 e. The van der Waals surface area contributed by atoms with E-state index in [1.54, 1.807) is 0 Å². The third kappa shape index (κ3) is 6.04. The van der Waals surface area contributed by atoms with Crippen molar-refractivity contribution in [3.05, 3.63) is 34.9 Å². The lowest BCUT2D eigenvalue weighted by atomic mass is 9.74. The van der Waals surface area contributed by atoms with E-state index in [9.17, 15) is 4.79 Å². The van der Waals surface area contributed by atoms with Crippen LogP contribution in [0.4, 0.5) is 4.79 Å². The highest BCUT2D eigenvalue weighted by molar-refractivity contribution is 6.30. The van der Waals surface area contributed by atoms with Crippen molar-refractivity contribution in [2.75, 3.05) is 19.6 Å². The van der Waals surface area contributed by atoms with E-state index in [2.05, 4.69) is 16.7 Å². The highest BCUT2D eigenvalue weighted by atomic mass is 35.5. The second kappa shape index (κ2) is 7.54. The van der Waals surface area contributed by atoms with Gasteiger partial charge in [0.1, 0.15) is 5.60 Å². The predicted octanol–water partition coefficient (Wildman–Crippen LogP) is 3.78. The summed E-state index contributed by atoms with van der Waals surface area (Å²) in [6, 6.07) is 7.98. The highest BCUT2D eigenvalue weighted by Gasteiger charge is 2.33. The van der Waals surface area contributed by atoms with Crippen LogP contribution in [0.3, 0.4) is 0 Å². The number of nitrogens with one attached hydrogen (secondary N) is 2. The fraction of sp³-hybridized carbons (Fsp3) is 0.611. The summed E-state index contributed by atoms with van der Waals surface area (Å²) in [7, 11) is 0. The van der Waals surface area contributed by atoms with E-state index in [0.29, 0.717) is 6.54 Å². The maximum atomic E-state index is 12.0. The zero-order valence-electron chi connectivity index (χ0n) is 14.2. The first-order valence-electron chi connectivity index (χ1n) is 8.20. The molecule has 0 aliphatic carbocycles. The van der Waals surface area contributed by atoms with Crippen LogP contribution in [0, 0.1) is 5.41 Å². The van der Waals surface area contributed by atoms with Gasteiger partial charge in [0, 0.05) is 11.6 Å². The average Bonchev–Trinajstić information content (AvgIpc) is 2.45. The molecule has 5 heteroatoms. The summed E-state index contributed by atoms with van der Waals surface area (Å²) in [5.74, 6) is 0. The fourth-order valence-corrected chi connectivity index (χ4v) is 3.24. The quantitative estimate of drug-likeness (QED) is 0.878. The normalized spacial score (nSPS) is 17.6. The van der Waals surface area contributed by atoms with Crippen molar-refractivity contribution in [2.45, 2.75) is 45.6 Å². The van der Waals surface area contributed by atoms with Crippen LogP contribution in [0.2, 0.25) is 5.02 Å². The van der Waals surface area contributed by atoms with Gasteiger partial charge in [-0.1, -0.05) is 23.7 Å². The lowest BCUT2D eigenvalue weighted by Crippen LogP contribution is -2.46. The van der Waals surface area contributed by atoms with E-state index in [1.807, 2.05) is 39.0 Å². The van der Waals surface area contributed by atoms with Crippen molar-refractivity contribution in [3.8, 4) is 0 Å². The molecule has 1 heterocycles. The Morgan fingerprint density at radius 1 is 1.35 bits per heavy atom. The Morgan fingerprint density at radius 3 is 2.65 bits per heavy atom. The van der Waals surface area contributed by atoms with Crippen molar-refractivity contribution in [1.82, 2.24) is 10.6 Å². The summed E-state index contributed by atoms with van der Waals surface area (Å²) in [6.45, 7) is 8.18. The Balaban J connectivity index is 2.02. The lowest BCUT2D eigenvalue weighted by Gasteiger charge is -2.38. The van der Waals surface area contributed by atoms with E-state index in [-0.39, 0.29) is 11.5 Å². The summed E-state index contributed by atoms with van der Waals surface area (Å²) < 4.78 is 5.36. The number of hydrogen-bond acceptors (Lipinski definition) is 3. The number of carbonyl (C=O) groups excluding carboxylic acids is 1. The molecule has 4 nitrogen and oxygen atoms in total.